The predicted molar refractivity (Wildman–Crippen MR) is 104 cm³/mol. The monoisotopic (exact) mass is 460 g/mol. The number of benzene rings is 1. The Balaban J connectivity index is 1.78. The van der Waals surface area contributed by atoms with E-state index in [4.69, 9.17) is 9.47 Å². The highest BCUT2D eigenvalue weighted by molar-refractivity contribution is 14.1. The van der Waals surface area contributed by atoms with E-state index in [0.29, 0.717) is 44.5 Å². The molecule has 1 saturated heterocycles. The van der Waals surface area contributed by atoms with Crippen molar-refractivity contribution in [2.75, 3.05) is 39.4 Å². The Morgan fingerprint density at radius 2 is 1.72 bits per heavy atom. The summed E-state index contributed by atoms with van der Waals surface area (Å²) in [6.45, 7) is 6.67. The molecule has 0 spiro atoms. The van der Waals surface area contributed by atoms with Crippen LogP contribution in [0.3, 0.4) is 0 Å². The van der Waals surface area contributed by atoms with E-state index in [-0.39, 0.29) is 18.6 Å². The van der Waals surface area contributed by atoms with Crippen LogP contribution in [0.15, 0.2) is 24.3 Å². The van der Waals surface area contributed by atoms with Crippen molar-refractivity contribution < 1.29 is 19.1 Å². The second-order valence-electron chi connectivity index (χ2n) is 6.43. The van der Waals surface area contributed by atoms with Crippen LogP contribution in [-0.2, 0) is 9.53 Å². The summed E-state index contributed by atoms with van der Waals surface area (Å²) < 4.78 is 11.9. The van der Waals surface area contributed by atoms with Crippen LogP contribution in [0.4, 0.5) is 4.79 Å². The molecule has 0 saturated carbocycles. The minimum absolute atomic E-state index is 0.0123. The van der Waals surface area contributed by atoms with Crippen LogP contribution in [0.5, 0.6) is 5.75 Å². The fourth-order valence-corrected chi connectivity index (χ4v) is 2.81. The van der Waals surface area contributed by atoms with E-state index in [9.17, 15) is 9.59 Å². The van der Waals surface area contributed by atoms with Crippen molar-refractivity contribution in [2.45, 2.75) is 20.3 Å². The molecule has 25 heavy (non-hydrogen) atoms. The minimum atomic E-state index is -0.293. The topological polar surface area (TPSA) is 59.1 Å². The van der Waals surface area contributed by atoms with Gasteiger partial charge in [-0.3, -0.25) is 4.79 Å². The first-order valence-electron chi connectivity index (χ1n) is 8.53. The lowest BCUT2D eigenvalue weighted by Crippen LogP contribution is -2.39. The smallest absolute Gasteiger partial charge is 0.409 e. The Hall–Kier alpha value is -1.51. The summed E-state index contributed by atoms with van der Waals surface area (Å²) in [4.78, 5) is 27.8. The van der Waals surface area contributed by atoms with Gasteiger partial charge in [0.1, 0.15) is 5.75 Å². The first-order chi connectivity index (χ1) is 12.0. The van der Waals surface area contributed by atoms with Gasteiger partial charge in [0.25, 0.3) is 5.91 Å². The Morgan fingerprint density at radius 1 is 1.08 bits per heavy atom. The average Bonchev–Trinajstić information content (AvgIpc) is 2.85. The predicted octanol–water partition coefficient (Wildman–Crippen LogP) is 3.00. The fraction of sp³-hybridized carbons (Fsp3) is 0.556. The van der Waals surface area contributed by atoms with Gasteiger partial charge in [-0.2, -0.15) is 0 Å². The molecule has 0 aromatic heterocycles. The van der Waals surface area contributed by atoms with Crippen LogP contribution < -0.4 is 4.74 Å². The maximum Gasteiger partial charge on any atom is 0.409 e. The zero-order valence-corrected chi connectivity index (χ0v) is 16.9. The minimum Gasteiger partial charge on any atom is -0.484 e. The van der Waals surface area contributed by atoms with Gasteiger partial charge in [0.2, 0.25) is 0 Å². The summed E-state index contributed by atoms with van der Waals surface area (Å²) in [6, 6.07) is 7.58. The largest absolute Gasteiger partial charge is 0.484 e. The summed E-state index contributed by atoms with van der Waals surface area (Å²) >= 11 is 2.22. The zero-order chi connectivity index (χ0) is 18.2. The lowest BCUT2D eigenvalue weighted by molar-refractivity contribution is -0.133. The highest BCUT2D eigenvalue weighted by atomic mass is 127. The van der Waals surface area contributed by atoms with Gasteiger partial charge in [0.05, 0.1) is 6.61 Å². The Morgan fingerprint density at radius 3 is 2.40 bits per heavy atom. The van der Waals surface area contributed by atoms with Crippen molar-refractivity contribution in [2.24, 2.45) is 5.92 Å². The number of ether oxygens (including phenoxy) is 2. The third kappa shape index (κ3) is 6.72. The first-order valence-corrected chi connectivity index (χ1v) is 9.61. The van der Waals surface area contributed by atoms with Gasteiger partial charge >= 0.3 is 6.09 Å². The standard InChI is InChI=1S/C18H25IN2O4/c1-14(2)12-25-18(23)21-9-3-8-20(10-11-21)17(22)13-24-16-6-4-15(19)5-7-16/h4-7,14H,3,8-13H2,1-2H3. The summed E-state index contributed by atoms with van der Waals surface area (Å²) in [5, 5.41) is 0. The molecule has 1 aromatic rings. The number of halogens is 1. The Labute approximate surface area is 162 Å². The van der Waals surface area contributed by atoms with Gasteiger partial charge in [-0.25, -0.2) is 4.79 Å². The highest BCUT2D eigenvalue weighted by Gasteiger charge is 2.23. The molecule has 2 amide bonds. The lowest BCUT2D eigenvalue weighted by Gasteiger charge is -2.22. The third-order valence-electron chi connectivity index (χ3n) is 3.82. The molecule has 138 valence electrons. The summed E-state index contributed by atoms with van der Waals surface area (Å²) in [5.41, 5.74) is 0. The lowest BCUT2D eigenvalue weighted by atomic mass is 10.2. The van der Waals surface area contributed by atoms with Gasteiger partial charge in [-0.05, 0) is 59.2 Å². The molecule has 7 heteroatoms. The number of rotatable bonds is 5. The maximum atomic E-state index is 12.3. The number of nitrogens with zero attached hydrogens (tertiary/aromatic N) is 2. The van der Waals surface area contributed by atoms with E-state index in [2.05, 4.69) is 22.6 Å². The Bertz CT molecular complexity index is 577. The molecule has 0 bridgehead atoms. The zero-order valence-electron chi connectivity index (χ0n) is 14.7. The second kappa shape index (κ2) is 9.84. The summed E-state index contributed by atoms with van der Waals surface area (Å²) in [7, 11) is 0. The van der Waals surface area contributed by atoms with Crippen LogP contribution in [-0.4, -0.2) is 61.2 Å². The second-order valence-corrected chi connectivity index (χ2v) is 7.68. The molecule has 2 rings (SSSR count). The van der Waals surface area contributed by atoms with E-state index in [0.717, 1.165) is 9.99 Å². The molecule has 1 fully saturated rings. The normalized spacial score (nSPS) is 15.0. The van der Waals surface area contributed by atoms with Crippen molar-refractivity contribution in [3.05, 3.63) is 27.8 Å². The number of amides is 2. The van der Waals surface area contributed by atoms with E-state index in [1.807, 2.05) is 38.1 Å². The van der Waals surface area contributed by atoms with Crippen LogP contribution in [0.1, 0.15) is 20.3 Å². The number of carbonyl (C=O) groups excluding carboxylic acids is 2. The van der Waals surface area contributed by atoms with Crippen LogP contribution in [0.2, 0.25) is 0 Å². The molecule has 1 aliphatic heterocycles. The van der Waals surface area contributed by atoms with Crippen molar-refractivity contribution in [3.8, 4) is 5.75 Å². The molecule has 1 aromatic carbocycles. The average molecular weight is 460 g/mol. The van der Waals surface area contributed by atoms with E-state index < -0.39 is 0 Å². The van der Waals surface area contributed by atoms with E-state index in [1.54, 1.807) is 9.80 Å². The van der Waals surface area contributed by atoms with Gasteiger partial charge < -0.3 is 19.3 Å². The molecular weight excluding hydrogens is 435 g/mol. The van der Waals surface area contributed by atoms with Crippen molar-refractivity contribution in [3.63, 3.8) is 0 Å². The van der Waals surface area contributed by atoms with Gasteiger partial charge in [0, 0.05) is 29.7 Å². The SMILES string of the molecule is CC(C)COC(=O)N1CCCN(C(=O)COc2ccc(I)cc2)CC1. The van der Waals surface area contributed by atoms with Gasteiger partial charge in [0.15, 0.2) is 6.61 Å². The summed E-state index contributed by atoms with van der Waals surface area (Å²) in [6.07, 6.45) is 0.449. The molecule has 1 aliphatic rings. The van der Waals surface area contributed by atoms with E-state index in [1.165, 1.54) is 0 Å². The number of hydrogen-bond acceptors (Lipinski definition) is 4. The van der Waals surface area contributed by atoms with Crippen molar-refractivity contribution in [1.29, 1.82) is 0 Å². The molecule has 0 radical (unpaired) electrons. The maximum absolute atomic E-state index is 12.3. The number of carbonyl (C=O) groups is 2. The molecule has 0 unspecified atom stereocenters. The van der Waals surface area contributed by atoms with Crippen LogP contribution >= 0.6 is 22.6 Å². The quantitative estimate of drug-likeness (QED) is 0.635. The molecule has 0 aliphatic carbocycles. The first kappa shape index (κ1) is 19.8. The van der Waals surface area contributed by atoms with Crippen molar-refractivity contribution >= 4 is 34.6 Å². The summed E-state index contributed by atoms with van der Waals surface area (Å²) in [5.74, 6) is 0.936. The van der Waals surface area contributed by atoms with E-state index >= 15 is 0 Å². The fourth-order valence-electron chi connectivity index (χ4n) is 2.45. The number of hydrogen-bond donors (Lipinski definition) is 0. The van der Waals surface area contributed by atoms with Crippen LogP contribution in [0, 0.1) is 9.49 Å². The molecular formula is C18H25IN2O4. The molecule has 0 atom stereocenters. The molecule has 1 heterocycles. The van der Waals surface area contributed by atoms with Crippen LogP contribution in [0.25, 0.3) is 0 Å². The third-order valence-corrected chi connectivity index (χ3v) is 4.54. The van der Waals surface area contributed by atoms with Crippen molar-refractivity contribution in [1.82, 2.24) is 9.80 Å². The van der Waals surface area contributed by atoms with Gasteiger partial charge in [-0.1, -0.05) is 13.8 Å². The molecule has 0 N–H and O–H groups in total. The highest BCUT2D eigenvalue weighted by Crippen LogP contribution is 2.14. The molecule has 6 nitrogen and oxygen atoms in total. The Kier molecular flexibility index (Phi) is 7.80. The van der Waals surface area contributed by atoms with Gasteiger partial charge in [-0.15, -0.1) is 0 Å².